The standard InChI is InChI=1S/C18H14N6O2/c1-11-8-15(24-26-11)23-16-10-20-14(9-21-16)18(25)22-13-6-2-4-12-5-3-7-19-17(12)13/h2-10H,1H3,(H,22,25)(H,21,23,24). The number of benzene rings is 1. The summed E-state index contributed by atoms with van der Waals surface area (Å²) in [6, 6.07) is 11.1. The fourth-order valence-electron chi connectivity index (χ4n) is 2.46. The second-order valence-corrected chi connectivity index (χ2v) is 5.57. The van der Waals surface area contributed by atoms with Crippen LogP contribution in [0.5, 0.6) is 0 Å². The van der Waals surface area contributed by atoms with E-state index in [9.17, 15) is 4.79 Å². The zero-order valence-corrected chi connectivity index (χ0v) is 13.8. The average Bonchev–Trinajstić information content (AvgIpc) is 3.07. The van der Waals surface area contributed by atoms with E-state index in [0.717, 1.165) is 10.9 Å². The number of anilines is 3. The molecule has 128 valence electrons. The molecule has 0 atom stereocenters. The van der Waals surface area contributed by atoms with E-state index < -0.39 is 0 Å². The summed E-state index contributed by atoms with van der Waals surface area (Å²) in [5.74, 6) is 1.30. The van der Waals surface area contributed by atoms with Gasteiger partial charge in [-0.1, -0.05) is 23.4 Å². The highest BCUT2D eigenvalue weighted by atomic mass is 16.5. The first kappa shape index (κ1) is 15.7. The maximum Gasteiger partial charge on any atom is 0.275 e. The minimum absolute atomic E-state index is 0.194. The fourth-order valence-corrected chi connectivity index (χ4v) is 2.46. The van der Waals surface area contributed by atoms with Gasteiger partial charge in [-0.2, -0.15) is 0 Å². The largest absolute Gasteiger partial charge is 0.360 e. The van der Waals surface area contributed by atoms with Crippen LogP contribution in [0.4, 0.5) is 17.3 Å². The Hall–Kier alpha value is -3.81. The minimum Gasteiger partial charge on any atom is -0.360 e. The van der Waals surface area contributed by atoms with E-state index in [0.29, 0.717) is 23.1 Å². The Morgan fingerprint density at radius 2 is 1.92 bits per heavy atom. The molecule has 4 aromatic rings. The summed E-state index contributed by atoms with van der Waals surface area (Å²) in [6.45, 7) is 1.79. The molecule has 8 nitrogen and oxygen atoms in total. The second-order valence-electron chi connectivity index (χ2n) is 5.57. The first-order valence-corrected chi connectivity index (χ1v) is 7.86. The summed E-state index contributed by atoms with van der Waals surface area (Å²) in [4.78, 5) is 25.1. The van der Waals surface area contributed by atoms with Crippen molar-refractivity contribution in [2.45, 2.75) is 6.92 Å². The summed E-state index contributed by atoms with van der Waals surface area (Å²) >= 11 is 0. The van der Waals surface area contributed by atoms with Crippen molar-refractivity contribution in [2.24, 2.45) is 0 Å². The molecule has 0 saturated heterocycles. The van der Waals surface area contributed by atoms with Crippen LogP contribution in [-0.2, 0) is 0 Å². The molecule has 3 aromatic heterocycles. The van der Waals surface area contributed by atoms with Gasteiger partial charge in [0.25, 0.3) is 5.91 Å². The van der Waals surface area contributed by atoms with E-state index in [1.54, 1.807) is 25.3 Å². The Bertz CT molecular complexity index is 1070. The number of pyridine rings is 1. The predicted molar refractivity (Wildman–Crippen MR) is 96.3 cm³/mol. The Morgan fingerprint density at radius 1 is 1.04 bits per heavy atom. The van der Waals surface area contributed by atoms with E-state index in [2.05, 4.69) is 30.7 Å². The van der Waals surface area contributed by atoms with Gasteiger partial charge in [0, 0.05) is 17.6 Å². The van der Waals surface area contributed by atoms with Crippen LogP contribution < -0.4 is 10.6 Å². The van der Waals surface area contributed by atoms with Crippen LogP contribution in [-0.4, -0.2) is 26.0 Å². The summed E-state index contributed by atoms with van der Waals surface area (Å²) < 4.78 is 4.97. The minimum atomic E-state index is -0.362. The number of fused-ring (bicyclic) bond motifs is 1. The van der Waals surface area contributed by atoms with Gasteiger partial charge in [-0.3, -0.25) is 9.78 Å². The summed E-state index contributed by atoms with van der Waals surface area (Å²) in [5, 5.41) is 10.5. The maximum absolute atomic E-state index is 12.4. The Balaban J connectivity index is 1.51. The molecule has 3 heterocycles. The fraction of sp³-hybridized carbons (Fsp3) is 0.0556. The van der Waals surface area contributed by atoms with E-state index >= 15 is 0 Å². The molecule has 0 aliphatic carbocycles. The van der Waals surface area contributed by atoms with Gasteiger partial charge in [0.2, 0.25) is 0 Å². The number of carbonyl (C=O) groups excluding carboxylic acids is 1. The van der Waals surface area contributed by atoms with Crippen molar-refractivity contribution in [2.75, 3.05) is 10.6 Å². The second kappa shape index (κ2) is 6.60. The first-order valence-electron chi connectivity index (χ1n) is 7.86. The van der Waals surface area contributed by atoms with Crippen molar-refractivity contribution in [3.63, 3.8) is 0 Å². The van der Waals surface area contributed by atoms with Crippen LogP contribution in [0.15, 0.2) is 59.5 Å². The van der Waals surface area contributed by atoms with Crippen molar-refractivity contribution < 1.29 is 9.32 Å². The predicted octanol–water partition coefficient (Wildman–Crippen LogP) is 3.32. The first-order chi connectivity index (χ1) is 12.7. The molecule has 0 aliphatic heterocycles. The van der Waals surface area contributed by atoms with E-state index in [-0.39, 0.29) is 11.6 Å². The summed E-state index contributed by atoms with van der Waals surface area (Å²) in [5.41, 5.74) is 1.53. The molecule has 0 unspecified atom stereocenters. The van der Waals surface area contributed by atoms with Crippen LogP contribution in [0, 0.1) is 6.92 Å². The van der Waals surface area contributed by atoms with Gasteiger partial charge in [0.1, 0.15) is 17.3 Å². The van der Waals surface area contributed by atoms with Crippen molar-refractivity contribution in [1.82, 2.24) is 20.1 Å². The van der Waals surface area contributed by atoms with Crippen molar-refractivity contribution in [3.8, 4) is 0 Å². The lowest BCUT2D eigenvalue weighted by molar-refractivity contribution is 0.102. The van der Waals surface area contributed by atoms with Crippen molar-refractivity contribution >= 4 is 34.1 Å². The molecule has 0 bridgehead atoms. The lowest BCUT2D eigenvalue weighted by Crippen LogP contribution is -2.14. The number of aromatic nitrogens is 4. The van der Waals surface area contributed by atoms with Crippen LogP contribution >= 0.6 is 0 Å². The Morgan fingerprint density at radius 3 is 2.69 bits per heavy atom. The molecule has 2 N–H and O–H groups in total. The molecule has 0 radical (unpaired) electrons. The number of nitrogens with one attached hydrogen (secondary N) is 2. The molecule has 4 rings (SSSR count). The van der Waals surface area contributed by atoms with Crippen molar-refractivity contribution in [3.05, 3.63) is 66.4 Å². The number of rotatable bonds is 4. The quantitative estimate of drug-likeness (QED) is 0.584. The number of para-hydroxylation sites is 1. The lowest BCUT2D eigenvalue weighted by atomic mass is 10.2. The van der Waals surface area contributed by atoms with Crippen molar-refractivity contribution in [1.29, 1.82) is 0 Å². The van der Waals surface area contributed by atoms with Crippen LogP contribution in [0.25, 0.3) is 10.9 Å². The molecule has 0 aliphatic rings. The normalized spacial score (nSPS) is 10.7. The lowest BCUT2D eigenvalue weighted by Gasteiger charge is -2.08. The number of amides is 1. The zero-order chi connectivity index (χ0) is 17.9. The highest BCUT2D eigenvalue weighted by Crippen LogP contribution is 2.21. The number of carbonyl (C=O) groups is 1. The molecule has 26 heavy (non-hydrogen) atoms. The summed E-state index contributed by atoms with van der Waals surface area (Å²) in [6.07, 6.45) is 4.54. The van der Waals surface area contributed by atoms with E-state index in [1.807, 2.05) is 24.3 Å². The third kappa shape index (κ3) is 3.20. The molecule has 0 saturated carbocycles. The smallest absolute Gasteiger partial charge is 0.275 e. The summed E-state index contributed by atoms with van der Waals surface area (Å²) in [7, 11) is 0. The Labute approximate surface area is 148 Å². The van der Waals surface area contributed by atoms with Gasteiger partial charge < -0.3 is 15.2 Å². The van der Waals surface area contributed by atoms with Gasteiger partial charge in [-0.25, -0.2) is 9.97 Å². The third-order valence-corrected chi connectivity index (χ3v) is 3.65. The number of nitrogens with zero attached hydrogens (tertiary/aromatic N) is 4. The van der Waals surface area contributed by atoms with Gasteiger partial charge in [-0.05, 0) is 19.1 Å². The van der Waals surface area contributed by atoms with E-state index in [4.69, 9.17) is 4.52 Å². The van der Waals surface area contributed by atoms with Gasteiger partial charge in [0.15, 0.2) is 5.82 Å². The van der Waals surface area contributed by atoms with E-state index in [1.165, 1.54) is 12.4 Å². The SMILES string of the molecule is Cc1cc(Nc2cnc(C(=O)Nc3cccc4cccnc34)cn2)no1. The molecule has 1 aromatic carbocycles. The van der Waals surface area contributed by atoms with Crippen LogP contribution in [0.2, 0.25) is 0 Å². The third-order valence-electron chi connectivity index (χ3n) is 3.65. The number of aryl methyl sites for hydroxylation is 1. The van der Waals surface area contributed by atoms with Gasteiger partial charge in [-0.15, -0.1) is 0 Å². The molecule has 8 heteroatoms. The van der Waals surface area contributed by atoms with Crippen LogP contribution in [0.1, 0.15) is 16.2 Å². The monoisotopic (exact) mass is 346 g/mol. The topological polar surface area (TPSA) is 106 Å². The molecule has 1 amide bonds. The van der Waals surface area contributed by atoms with Gasteiger partial charge in [0.05, 0.1) is 23.6 Å². The number of hydrogen-bond donors (Lipinski definition) is 2. The molecular weight excluding hydrogens is 332 g/mol. The zero-order valence-electron chi connectivity index (χ0n) is 13.8. The molecule has 0 fully saturated rings. The highest BCUT2D eigenvalue weighted by molar-refractivity contribution is 6.07. The van der Waals surface area contributed by atoms with Gasteiger partial charge >= 0.3 is 0 Å². The molecule has 0 spiro atoms. The highest BCUT2D eigenvalue weighted by Gasteiger charge is 2.11. The molecular formula is C18H14N6O2. The average molecular weight is 346 g/mol. The van der Waals surface area contributed by atoms with Crippen LogP contribution in [0.3, 0.4) is 0 Å². The maximum atomic E-state index is 12.4. The number of hydrogen-bond acceptors (Lipinski definition) is 7. The Kier molecular flexibility index (Phi) is 3.98.